The van der Waals surface area contributed by atoms with Crippen LogP contribution in [0.5, 0.6) is 0 Å². The van der Waals surface area contributed by atoms with Crippen molar-refractivity contribution in [2.24, 2.45) is 5.92 Å². The number of pyridine rings is 1. The molecule has 0 saturated heterocycles. The third-order valence-electron chi connectivity index (χ3n) is 2.67. The topological polar surface area (TPSA) is 34.1 Å². The van der Waals surface area contributed by atoms with Gasteiger partial charge in [0.05, 0.1) is 6.61 Å². The lowest BCUT2D eigenvalue weighted by atomic mass is 10.1. The quantitative estimate of drug-likeness (QED) is 0.669. The summed E-state index contributed by atoms with van der Waals surface area (Å²) in [7, 11) is 0. The van der Waals surface area contributed by atoms with Crippen molar-refractivity contribution in [2.45, 2.75) is 33.3 Å². The van der Waals surface area contributed by atoms with E-state index in [4.69, 9.17) is 4.74 Å². The lowest BCUT2D eigenvalue weighted by molar-refractivity contribution is 0.108. The van der Waals surface area contributed by atoms with E-state index in [2.05, 4.69) is 24.1 Å². The van der Waals surface area contributed by atoms with Crippen LogP contribution in [-0.2, 0) is 11.3 Å². The van der Waals surface area contributed by atoms with E-state index in [1.807, 2.05) is 18.3 Å². The molecule has 96 valence electrons. The molecule has 0 aliphatic carbocycles. The summed E-state index contributed by atoms with van der Waals surface area (Å²) in [6.45, 7) is 8.14. The van der Waals surface area contributed by atoms with Crippen LogP contribution in [0.25, 0.3) is 0 Å². The summed E-state index contributed by atoms with van der Waals surface area (Å²) < 4.78 is 5.63. The van der Waals surface area contributed by atoms with Gasteiger partial charge in [0.25, 0.3) is 0 Å². The second-order valence-corrected chi connectivity index (χ2v) is 4.51. The third kappa shape index (κ3) is 7.08. The molecule has 0 aliphatic rings. The Hall–Kier alpha value is -0.930. The minimum absolute atomic E-state index is 0.670. The van der Waals surface area contributed by atoms with Crippen LogP contribution in [0.4, 0.5) is 0 Å². The maximum Gasteiger partial charge on any atom is 0.0731 e. The summed E-state index contributed by atoms with van der Waals surface area (Å²) in [6, 6.07) is 3.98. The van der Waals surface area contributed by atoms with Gasteiger partial charge in [-0.25, -0.2) is 0 Å². The van der Waals surface area contributed by atoms with Gasteiger partial charge in [-0.1, -0.05) is 19.9 Å². The molecular formula is C14H24N2O. The Bertz CT molecular complexity index is 277. The summed E-state index contributed by atoms with van der Waals surface area (Å²) in [5, 5.41) is 3.43. The van der Waals surface area contributed by atoms with Crippen molar-refractivity contribution in [3.05, 3.63) is 30.1 Å². The molecule has 1 N–H and O–H groups in total. The molecule has 0 amide bonds. The fraction of sp³-hybridized carbons (Fsp3) is 0.643. The fourth-order valence-corrected chi connectivity index (χ4v) is 1.59. The average Bonchev–Trinajstić information content (AvgIpc) is 2.36. The SMILES string of the molecule is CCCNC[C@@H](C)CCOCc1cccnc1. The molecule has 1 rings (SSSR count). The summed E-state index contributed by atoms with van der Waals surface area (Å²) in [5.41, 5.74) is 1.14. The second kappa shape index (κ2) is 9.14. The number of aromatic nitrogens is 1. The van der Waals surface area contributed by atoms with E-state index in [1.165, 1.54) is 6.42 Å². The van der Waals surface area contributed by atoms with Gasteiger partial charge in [-0.2, -0.15) is 0 Å². The van der Waals surface area contributed by atoms with Crippen LogP contribution < -0.4 is 5.32 Å². The van der Waals surface area contributed by atoms with E-state index in [1.54, 1.807) is 6.20 Å². The van der Waals surface area contributed by atoms with Crippen molar-refractivity contribution < 1.29 is 4.74 Å². The van der Waals surface area contributed by atoms with E-state index in [-0.39, 0.29) is 0 Å². The summed E-state index contributed by atoms with van der Waals surface area (Å²) in [4.78, 5) is 4.06. The van der Waals surface area contributed by atoms with Crippen LogP contribution in [0.2, 0.25) is 0 Å². The number of hydrogen-bond donors (Lipinski definition) is 1. The first kappa shape index (κ1) is 14.1. The van der Waals surface area contributed by atoms with Gasteiger partial charge in [-0.15, -0.1) is 0 Å². The highest BCUT2D eigenvalue weighted by Crippen LogP contribution is 2.03. The van der Waals surface area contributed by atoms with Gasteiger partial charge >= 0.3 is 0 Å². The van der Waals surface area contributed by atoms with Gasteiger partial charge in [0.2, 0.25) is 0 Å². The predicted octanol–water partition coefficient (Wildman–Crippen LogP) is 2.62. The van der Waals surface area contributed by atoms with Crippen molar-refractivity contribution in [2.75, 3.05) is 19.7 Å². The molecule has 0 saturated carbocycles. The highest BCUT2D eigenvalue weighted by Gasteiger charge is 2.01. The first-order chi connectivity index (χ1) is 8.33. The minimum atomic E-state index is 0.670. The maximum absolute atomic E-state index is 5.63. The highest BCUT2D eigenvalue weighted by molar-refractivity contribution is 5.06. The molecule has 3 nitrogen and oxygen atoms in total. The number of hydrogen-bond acceptors (Lipinski definition) is 3. The van der Waals surface area contributed by atoms with E-state index in [0.717, 1.165) is 31.7 Å². The monoisotopic (exact) mass is 236 g/mol. The van der Waals surface area contributed by atoms with Gasteiger partial charge in [0.1, 0.15) is 0 Å². The molecule has 0 aromatic carbocycles. The lowest BCUT2D eigenvalue weighted by Gasteiger charge is -2.12. The number of nitrogens with zero attached hydrogens (tertiary/aromatic N) is 1. The molecule has 1 atom stereocenters. The van der Waals surface area contributed by atoms with Crippen molar-refractivity contribution in [1.29, 1.82) is 0 Å². The number of rotatable bonds is 9. The first-order valence-electron chi connectivity index (χ1n) is 6.50. The average molecular weight is 236 g/mol. The molecule has 1 aromatic heterocycles. The summed E-state index contributed by atoms with van der Waals surface area (Å²) in [5.74, 6) is 0.676. The van der Waals surface area contributed by atoms with Gasteiger partial charge < -0.3 is 10.1 Å². The Morgan fingerprint density at radius 3 is 3.06 bits per heavy atom. The molecule has 17 heavy (non-hydrogen) atoms. The fourth-order valence-electron chi connectivity index (χ4n) is 1.59. The van der Waals surface area contributed by atoms with Crippen LogP contribution in [0.15, 0.2) is 24.5 Å². The van der Waals surface area contributed by atoms with E-state index in [9.17, 15) is 0 Å². The zero-order chi connectivity index (χ0) is 12.3. The molecule has 1 heterocycles. The standard InChI is InChI=1S/C14H24N2O/c1-3-7-15-10-13(2)6-9-17-12-14-5-4-8-16-11-14/h4-5,8,11,13,15H,3,6-7,9-10,12H2,1-2H3/t13-/m0/s1. The maximum atomic E-state index is 5.63. The van der Waals surface area contributed by atoms with Gasteiger partial charge in [-0.3, -0.25) is 4.98 Å². The molecule has 1 aromatic rings. The molecule has 3 heteroatoms. The molecule has 0 bridgehead atoms. The van der Waals surface area contributed by atoms with Crippen LogP contribution in [0, 0.1) is 5.92 Å². The Morgan fingerprint density at radius 1 is 1.47 bits per heavy atom. The molecule has 0 radical (unpaired) electrons. The smallest absolute Gasteiger partial charge is 0.0731 e. The Kier molecular flexibility index (Phi) is 7.60. The normalized spacial score (nSPS) is 12.6. The van der Waals surface area contributed by atoms with Crippen molar-refractivity contribution in [3.63, 3.8) is 0 Å². The molecule has 0 unspecified atom stereocenters. The van der Waals surface area contributed by atoms with E-state index < -0.39 is 0 Å². The number of ether oxygens (including phenoxy) is 1. The minimum Gasteiger partial charge on any atom is -0.377 e. The molecule has 0 spiro atoms. The predicted molar refractivity (Wildman–Crippen MR) is 70.8 cm³/mol. The second-order valence-electron chi connectivity index (χ2n) is 4.51. The Balaban J connectivity index is 2.00. The van der Waals surface area contributed by atoms with Crippen molar-refractivity contribution in [3.8, 4) is 0 Å². The number of nitrogens with one attached hydrogen (secondary N) is 1. The molecule has 0 aliphatic heterocycles. The van der Waals surface area contributed by atoms with Gasteiger partial charge in [0, 0.05) is 19.0 Å². The zero-order valence-electron chi connectivity index (χ0n) is 11.0. The van der Waals surface area contributed by atoms with Crippen LogP contribution in [0.3, 0.4) is 0 Å². The van der Waals surface area contributed by atoms with Crippen LogP contribution >= 0.6 is 0 Å². The zero-order valence-corrected chi connectivity index (χ0v) is 11.0. The van der Waals surface area contributed by atoms with Gasteiger partial charge in [-0.05, 0) is 43.5 Å². The summed E-state index contributed by atoms with van der Waals surface area (Å²) >= 11 is 0. The largest absolute Gasteiger partial charge is 0.377 e. The molecular weight excluding hydrogens is 212 g/mol. The highest BCUT2D eigenvalue weighted by atomic mass is 16.5. The van der Waals surface area contributed by atoms with E-state index in [0.29, 0.717) is 12.5 Å². The first-order valence-corrected chi connectivity index (χ1v) is 6.50. The Morgan fingerprint density at radius 2 is 2.35 bits per heavy atom. The van der Waals surface area contributed by atoms with Crippen molar-refractivity contribution >= 4 is 0 Å². The van der Waals surface area contributed by atoms with Crippen molar-refractivity contribution in [1.82, 2.24) is 10.3 Å². The van der Waals surface area contributed by atoms with Crippen LogP contribution in [0.1, 0.15) is 32.3 Å². The Labute approximate surface area is 105 Å². The lowest BCUT2D eigenvalue weighted by Crippen LogP contribution is -2.22. The molecule has 0 fully saturated rings. The third-order valence-corrected chi connectivity index (χ3v) is 2.67. The summed E-state index contributed by atoms with van der Waals surface area (Å²) in [6.07, 6.45) is 5.94. The van der Waals surface area contributed by atoms with Gasteiger partial charge in [0.15, 0.2) is 0 Å². The van der Waals surface area contributed by atoms with Crippen LogP contribution in [-0.4, -0.2) is 24.7 Å². The van der Waals surface area contributed by atoms with E-state index >= 15 is 0 Å².